The zero-order valence-corrected chi connectivity index (χ0v) is 18.8. The first-order valence-electron chi connectivity index (χ1n) is 11.2. The van der Waals surface area contributed by atoms with Gasteiger partial charge in [-0.25, -0.2) is 4.98 Å². The highest BCUT2D eigenvalue weighted by atomic mass is 15.2. The zero-order valence-electron chi connectivity index (χ0n) is 18.8. The van der Waals surface area contributed by atoms with Gasteiger partial charge in [-0.05, 0) is 64.4 Å². The molecule has 3 aromatic rings. The molecule has 2 aromatic heterocycles. The van der Waals surface area contributed by atoms with Gasteiger partial charge in [-0.1, -0.05) is 32.0 Å². The van der Waals surface area contributed by atoms with Gasteiger partial charge in [0.15, 0.2) is 0 Å². The number of nitrogens with one attached hydrogen (secondary N) is 3. The number of para-hydroxylation sites is 1. The number of hydrogen-bond donors (Lipinski definition) is 3. The van der Waals surface area contributed by atoms with Crippen LogP contribution in [0.1, 0.15) is 44.9 Å². The summed E-state index contributed by atoms with van der Waals surface area (Å²) >= 11 is 0. The van der Waals surface area contributed by atoms with Crippen molar-refractivity contribution >= 4 is 22.7 Å². The Morgan fingerprint density at radius 1 is 1.13 bits per heavy atom. The Bertz CT molecular complexity index is 915. The highest BCUT2D eigenvalue weighted by molar-refractivity contribution is 5.83. The molecule has 0 aliphatic carbocycles. The van der Waals surface area contributed by atoms with E-state index < -0.39 is 0 Å². The maximum Gasteiger partial charge on any atom is 0.225 e. The number of anilines is 2. The first-order valence-corrected chi connectivity index (χ1v) is 11.2. The third-order valence-corrected chi connectivity index (χ3v) is 5.61. The van der Waals surface area contributed by atoms with E-state index in [1.54, 1.807) is 0 Å². The molecule has 0 bridgehead atoms. The second-order valence-corrected chi connectivity index (χ2v) is 7.97. The van der Waals surface area contributed by atoms with Crippen LogP contribution in [-0.4, -0.2) is 52.1 Å². The van der Waals surface area contributed by atoms with Crippen LogP contribution in [0.4, 0.5) is 11.8 Å². The molecule has 0 aliphatic rings. The minimum absolute atomic E-state index is 0.349. The standard InChI is InChI=1S/C24H36N6/c1-5-30(6-2)15-9-10-18(3)27-24-28-19(4)16-23(29-24)25-14-13-20-17-26-22-12-8-7-11-21(20)22/h7-8,11-12,16-18,26H,5-6,9-10,13-15H2,1-4H3,(H2,25,27,28,29)/t18-/m0/s1. The van der Waals surface area contributed by atoms with E-state index in [4.69, 9.17) is 0 Å². The first-order chi connectivity index (χ1) is 14.6. The van der Waals surface area contributed by atoms with E-state index in [2.05, 4.69) is 81.7 Å². The molecule has 2 heterocycles. The number of aromatic amines is 1. The molecule has 0 unspecified atom stereocenters. The van der Waals surface area contributed by atoms with Gasteiger partial charge in [0.2, 0.25) is 5.95 Å². The average Bonchev–Trinajstić information content (AvgIpc) is 3.14. The molecule has 162 valence electrons. The Kier molecular flexibility index (Phi) is 8.08. The van der Waals surface area contributed by atoms with E-state index in [0.29, 0.717) is 12.0 Å². The lowest BCUT2D eigenvalue weighted by Gasteiger charge is -2.20. The summed E-state index contributed by atoms with van der Waals surface area (Å²) in [5, 5.41) is 8.23. The highest BCUT2D eigenvalue weighted by Gasteiger charge is 2.08. The molecular weight excluding hydrogens is 372 g/mol. The van der Waals surface area contributed by atoms with Crippen LogP contribution in [0, 0.1) is 6.92 Å². The number of H-pyrrole nitrogens is 1. The molecule has 30 heavy (non-hydrogen) atoms. The fourth-order valence-electron chi connectivity index (χ4n) is 3.84. The van der Waals surface area contributed by atoms with Crippen LogP contribution in [0.15, 0.2) is 36.5 Å². The Morgan fingerprint density at radius 3 is 2.73 bits per heavy atom. The van der Waals surface area contributed by atoms with E-state index in [9.17, 15) is 0 Å². The number of hydrogen-bond acceptors (Lipinski definition) is 5. The van der Waals surface area contributed by atoms with Gasteiger partial charge in [-0.15, -0.1) is 0 Å². The van der Waals surface area contributed by atoms with Crippen LogP contribution >= 0.6 is 0 Å². The van der Waals surface area contributed by atoms with Crippen molar-refractivity contribution in [2.24, 2.45) is 0 Å². The van der Waals surface area contributed by atoms with Gasteiger partial charge in [0.25, 0.3) is 0 Å². The first kappa shape index (κ1) is 22.1. The van der Waals surface area contributed by atoms with E-state index in [1.807, 2.05) is 13.0 Å². The molecule has 3 N–H and O–H groups in total. The maximum absolute atomic E-state index is 4.68. The summed E-state index contributed by atoms with van der Waals surface area (Å²) in [6.07, 6.45) is 5.33. The van der Waals surface area contributed by atoms with E-state index >= 15 is 0 Å². The SMILES string of the molecule is CCN(CC)CCC[C@H](C)Nc1nc(C)cc(NCCc2c[nH]c3ccccc23)n1. The Labute approximate surface area is 180 Å². The smallest absolute Gasteiger partial charge is 0.225 e. The van der Waals surface area contributed by atoms with Crippen molar-refractivity contribution in [3.05, 3.63) is 47.8 Å². The van der Waals surface area contributed by atoms with Crippen molar-refractivity contribution in [2.45, 2.75) is 53.0 Å². The van der Waals surface area contributed by atoms with Crippen molar-refractivity contribution in [3.8, 4) is 0 Å². The maximum atomic E-state index is 4.68. The zero-order chi connectivity index (χ0) is 21.3. The highest BCUT2D eigenvalue weighted by Crippen LogP contribution is 2.18. The Hall–Kier alpha value is -2.60. The van der Waals surface area contributed by atoms with Crippen molar-refractivity contribution in [3.63, 3.8) is 0 Å². The summed E-state index contributed by atoms with van der Waals surface area (Å²) in [6, 6.07) is 10.8. The third kappa shape index (κ3) is 6.20. The van der Waals surface area contributed by atoms with E-state index in [0.717, 1.165) is 50.5 Å². The third-order valence-electron chi connectivity index (χ3n) is 5.61. The van der Waals surface area contributed by atoms with Crippen LogP contribution in [0.25, 0.3) is 10.9 Å². The summed E-state index contributed by atoms with van der Waals surface area (Å²) in [5.41, 5.74) is 3.48. The summed E-state index contributed by atoms with van der Waals surface area (Å²) in [4.78, 5) is 15.1. The molecule has 1 atom stereocenters. The largest absolute Gasteiger partial charge is 0.370 e. The molecule has 0 amide bonds. The lowest BCUT2D eigenvalue weighted by atomic mass is 10.1. The molecule has 6 heteroatoms. The number of rotatable bonds is 12. The number of benzene rings is 1. The van der Waals surface area contributed by atoms with Crippen LogP contribution in [0.2, 0.25) is 0 Å². The van der Waals surface area contributed by atoms with E-state index in [-0.39, 0.29) is 0 Å². The minimum Gasteiger partial charge on any atom is -0.370 e. The summed E-state index contributed by atoms with van der Waals surface area (Å²) in [7, 11) is 0. The molecule has 6 nitrogen and oxygen atoms in total. The van der Waals surface area contributed by atoms with Crippen LogP contribution < -0.4 is 10.6 Å². The summed E-state index contributed by atoms with van der Waals surface area (Å²) in [5.74, 6) is 1.58. The van der Waals surface area contributed by atoms with Gasteiger partial charge >= 0.3 is 0 Å². The number of aromatic nitrogens is 3. The fourth-order valence-corrected chi connectivity index (χ4v) is 3.84. The van der Waals surface area contributed by atoms with Gasteiger partial charge in [0.1, 0.15) is 5.82 Å². The summed E-state index contributed by atoms with van der Waals surface area (Å²) in [6.45, 7) is 12.9. The van der Waals surface area contributed by atoms with Crippen molar-refractivity contribution in [2.75, 3.05) is 36.8 Å². The lowest BCUT2D eigenvalue weighted by Crippen LogP contribution is -2.26. The monoisotopic (exact) mass is 408 g/mol. The van der Waals surface area contributed by atoms with E-state index in [1.165, 1.54) is 22.9 Å². The average molecular weight is 409 g/mol. The predicted molar refractivity (Wildman–Crippen MR) is 127 cm³/mol. The number of fused-ring (bicyclic) bond motifs is 1. The molecule has 1 aromatic carbocycles. The molecular formula is C24H36N6. The second-order valence-electron chi connectivity index (χ2n) is 7.97. The number of aryl methyl sites for hydroxylation is 1. The molecule has 0 fully saturated rings. The van der Waals surface area contributed by atoms with Crippen molar-refractivity contribution < 1.29 is 0 Å². The van der Waals surface area contributed by atoms with Gasteiger partial charge in [0.05, 0.1) is 0 Å². The summed E-state index contributed by atoms with van der Waals surface area (Å²) < 4.78 is 0. The lowest BCUT2D eigenvalue weighted by molar-refractivity contribution is 0.295. The molecule has 0 saturated heterocycles. The minimum atomic E-state index is 0.349. The van der Waals surface area contributed by atoms with Gasteiger partial charge in [-0.3, -0.25) is 0 Å². The van der Waals surface area contributed by atoms with Crippen LogP contribution in [0.5, 0.6) is 0 Å². The van der Waals surface area contributed by atoms with Gasteiger partial charge in [-0.2, -0.15) is 4.98 Å². The second kappa shape index (κ2) is 11.0. The fraction of sp³-hybridized carbons (Fsp3) is 0.500. The predicted octanol–water partition coefficient (Wildman–Crippen LogP) is 4.84. The molecule has 0 radical (unpaired) electrons. The molecule has 3 rings (SSSR count). The molecule has 0 saturated carbocycles. The number of nitrogens with zero attached hydrogens (tertiary/aromatic N) is 3. The van der Waals surface area contributed by atoms with Crippen LogP contribution in [-0.2, 0) is 6.42 Å². The van der Waals surface area contributed by atoms with Gasteiger partial charge < -0.3 is 20.5 Å². The Morgan fingerprint density at radius 2 is 1.93 bits per heavy atom. The quantitative estimate of drug-likeness (QED) is 0.400. The van der Waals surface area contributed by atoms with Crippen LogP contribution in [0.3, 0.4) is 0 Å². The van der Waals surface area contributed by atoms with Gasteiger partial charge in [0, 0.05) is 41.4 Å². The normalized spacial score (nSPS) is 12.4. The topological polar surface area (TPSA) is 68.9 Å². The van der Waals surface area contributed by atoms with Crippen molar-refractivity contribution in [1.82, 2.24) is 19.9 Å². The van der Waals surface area contributed by atoms with Crippen molar-refractivity contribution in [1.29, 1.82) is 0 Å². The Balaban J connectivity index is 1.50. The molecule has 0 spiro atoms. The molecule has 0 aliphatic heterocycles.